The number of carbonyl (C=O) groups is 1. The Morgan fingerprint density at radius 1 is 1.13 bits per heavy atom. The minimum Gasteiger partial charge on any atom is -0.361 e. The van der Waals surface area contributed by atoms with Gasteiger partial charge in [0.2, 0.25) is 5.91 Å². The van der Waals surface area contributed by atoms with E-state index in [-0.39, 0.29) is 12.3 Å². The summed E-state index contributed by atoms with van der Waals surface area (Å²) in [6.45, 7) is 3.61. The maximum atomic E-state index is 12.1. The van der Waals surface area contributed by atoms with Gasteiger partial charge in [0.1, 0.15) is 5.76 Å². The third-order valence-electron chi connectivity index (χ3n) is 3.49. The number of hydrogen-bond acceptors (Lipinski definition) is 5. The van der Waals surface area contributed by atoms with Crippen LogP contribution in [0.15, 0.2) is 47.2 Å². The average molecular weight is 308 g/mol. The Balaban J connectivity index is 1.68. The zero-order chi connectivity index (χ0) is 16.2. The van der Waals surface area contributed by atoms with Crippen LogP contribution in [-0.4, -0.2) is 21.0 Å². The number of nitrogens with zero attached hydrogens (tertiary/aromatic N) is 3. The molecular weight excluding hydrogens is 292 g/mol. The molecule has 6 nitrogen and oxygen atoms in total. The molecule has 3 aromatic rings. The van der Waals surface area contributed by atoms with E-state index in [9.17, 15) is 4.79 Å². The molecule has 0 spiro atoms. The van der Waals surface area contributed by atoms with E-state index in [4.69, 9.17) is 4.52 Å². The minimum absolute atomic E-state index is 0.157. The van der Waals surface area contributed by atoms with Crippen LogP contribution >= 0.6 is 0 Å². The lowest BCUT2D eigenvalue weighted by atomic mass is 10.1. The molecule has 1 aromatic carbocycles. The summed E-state index contributed by atoms with van der Waals surface area (Å²) in [6.07, 6.45) is 3.41. The lowest BCUT2D eigenvalue weighted by molar-refractivity contribution is -0.115. The van der Waals surface area contributed by atoms with Gasteiger partial charge in [0.15, 0.2) is 5.82 Å². The van der Waals surface area contributed by atoms with Gasteiger partial charge < -0.3 is 9.84 Å². The molecule has 2 aromatic heterocycles. The van der Waals surface area contributed by atoms with Crippen LogP contribution in [0.1, 0.15) is 17.0 Å². The van der Waals surface area contributed by atoms with Gasteiger partial charge in [0.25, 0.3) is 0 Å². The minimum atomic E-state index is -0.157. The van der Waals surface area contributed by atoms with Crippen molar-refractivity contribution in [3.05, 3.63) is 59.7 Å². The Morgan fingerprint density at radius 3 is 2.43 bits per heavy atom. The van der Waals surface area contributed by atoms with Gasteiger partial charge in [0, 0.05) is 11.1 Å². The summed E-state index contributed by atoms with van der Waals surface area (Å²) in [5.74, 6) is 1.12. The quantitative estimate of drug-likeness (QED) is 0.801. The van der Waals surface area contributed by atoms with Gasteiger partial charge in [-0.15, -0.1) is 0 Å². The molecule has 1 amide bonds. The highest BCUT2D eigenvalue weighted by Crippen LogP contribution is 2.16. The van der Waals surface area contributed by atoms with Crippen molar-refractivity contribution in [3.8, 4) is 11.4 Å². The van der Waals surface area contributed by atoms with Crippen molar-refractivity contribution >= 4 is 11.6 Å². The van der Waals surface area contributed by atoms with Crippen LogP contribution in [0.25, 0.3) is 11.4 Å². The summed E-state index contributed by atoms with van der Waals surface area (Å²) < 4.78 is 5.06. The number of carbonyl (C=O) groups excluding carboxylic acids is 1. The van der Waals surface area contributed by atoms with Gasteiger partial charge in [-0.3, -0.25) is 4.79 Å². The molecule has 0 bridgehead atoms. The number of anilines is 1. The van der Waals surface area contributed by atoms with E-state index >= 15 is 0 Å². The SMILES string of the molecule is Cc1noc(C)c1CC(=O)Nc1cnc(-c2ccccc2)nc1. The second-order valence-corrected chi connectivity index (χ2v) is 5.19. The number of amides is 1. The Bertz CT molecular complexity index is 791. The first-order chi connectivity index (χ1) is 11.1. The van der Waals surface area contributed by atoms with Crippen LogP contribution in [0.3, 0.4) is 0 Å². The molecule has 0 aliphatic heterocycles. The highest BCUT2D eigenvalue weighted by molar-refractivity contribution is 5.92. The number of aromatic nitrogens is 3. The lowest BCUT2D eigenvalue weighted by Crippen LogP contribution is -2.15. The van der Waals surface area contributed by atoms with Gasteiger partial charge in [0.05, 0.1) is 30.2 Å². The molecule has 116 valence electrons. The van der Waals surface area contributed by atoms with Crippen molar-refractivity contribution in [2.24, 2.45) is 0 Å². The van der Waals surface area contributed by atoms with Crippen LogP contribution in [0.5, 0.6) is 0 Å². The fraction of sp³-hybridized carbons (Fsp3) is 0.176. The smallest absolute Gasteiger partial charge is 0.229 e. The Kier molecular flexibility index (Phi) is 4.14. The summed E-state index contributed by atoms with van der Waals surface area (Å²) in [7, 11) is 0. The third kappa shape index (κ3) is 3.42. The third-order valence-corrected chi connectivity index (χ3v) is 3.49. The van der Waals surface area contributed by atoms with E-state index in [2.05, 4.69) is 20.4 Å². The van der Waals surface area contributed by atoms with E-state index in [0.29, 0.717) is 17.3 Å². The molecule has 0 radical (unpaired) electrons. The van der Waals surface area contributed by atoms with Crippen LogP contribution in [0.4, 0.5) is 5.69 Å². The number of hydrogen-bond donors (Lipinski definition) is 1. The topological polar surface area (TPSA) is 80.9 Å². The molecule has 2 heterocycles. The van der Waals surface area contributed by atoms with E-state index in [0.717, 1.165) is 16.8 Å². The molecule has 0 aliphatic carbocycles. The molecule has 0 aliphatic rings. The summed E-state index contributed by atoms with van der Waals surface area (Å²) in [5, 5.41) is 6.62. The van der Waals surface area contributed by atoms with Crippen LogP contribution in [-0.2, 0) is 11.2 Å². The summed E-state index contributed by atoms with van der Waals surface area (Å²) >= 11 is 0. The zero-order valence-corrected chi connectivity index (χ0v) is 12.9. The van der Waals surface area contributed by atoms with Crippen molar-refractivity contribution in [2.75, 3.05) is 5.32 Å². The highest BCUT2D eigenvalue weighted by atomic mass is 16.5. The second-order valence-electron chi connectivity index (χ2n) is 5.19. The van der Waals surface area contributed by atoms with Crippen LogP contribution in [0.2, 0.25) is 0 Å². The lowest BCUT2D eigenvalue weighted by Gasteiger charge is -2.05. The van der Waals surface area contributed by atoms with E-state index in [1.54, 1.807) is 19.3 Å². The van der Waals surface area contributed by atoms with Gasteiger partial charge in [-0.1, -0.05) is 35.5 Å². The van der Waals surface area contributed by atoms with Crippen molar-refractivity contribution < 1.29 is 9.32 Å². The van der Waals surface area contributed by atoms with E-state index < -0.39 is 0 Å². The molecule has 23 heavy (non-hydrogen) atoms. The molecule has 3 rings (SSSR count). The molecular formula is C17H16N4O2. The number of rotatable bonds is 4. The normalized spacial score (nSPS) is 10.5. The first-order valence-electron chi connectivity index (χ1n) is 7.22. The largest absolute Gasteiger partial charge is 0.361 e. The predicted molar refractivity (Wildman–Crippen MR) is 85.8 cm³/mol. The first kappa shape index (κ1) is 14.9. The van der Waals surface area contributed by atoms with Crippen LogP contribution in [0, 0.1) is 13.8 Å². The fourth-order valence-electron chi connectivity index (χ4n) is 2.25. The molecule has 0 saturated carbocycles. The summed E-state index contributed by atoms with van der Waals surface area (Å²) in [5.41, 5.74) is 3.03. The Labute approximate surface area is 133 Å². The first-order valence-corrected chi connectivity index (χ1v) is 7.22. The maximum Gasteiger partial charge on any atom is 0.229 e. The highest BCUT2D eigenvalue weighted by Gasteiger charge is 2.13. The summed E-state index contributed by atoms with van der Waals surface area (Å²) in [4.78, 5) is 20.7. The number of aryl methyl sites for hydroxylation is 2. The van der Waals surface area contributed by atoms with Gasteiger partial charge in [-0.2, -0.15) is 0 Å². The van der Waals surface area contributed by atoms with Crippen LogP contribution < -0.4 is 5.32 Å². The van der Waals surface area contributed by atoms with Crippen molar-refractivity contribution in [2.45, 2.75) is 20.3 Å². The monoisotopic (exact) mass is 308 g/mol. The molecule has 1 N–H and O–H groups in total. The van der Waals surface area contributed by atoms with Crippen molar-refractivity contribution in [3.63, 3.8) is 0 Å². The fourth-order valence-corrected chi connectivity index (χ4v) is 2.25. The van der Waals surface area contributed by atoms with Gasteiger partial charge >= 0.3 is 0 Å². The van der Waals surface area contributed by atoms with Gasteiger partial charge in [-0.05, 0) is 13.8 Å². The van der Waals surface area contributed by atoms with E-state index in [1.807, 2.05) is 37.3 Å². The van der Waals surface area contributed by atoms with Crippen molar-refractivity contribution in [1.82, 2.24) is 15.1 Å². The predicted octanol–water partition coefficient (Wildman–Crippen LogP) is 2.93. The zero-order valence-electron chi connectivity index (χ0n) is 12.9. The average Bonchev–Trinajstić information content (AvgIpc) is 2.88. The van der Waals surface area contributed by atoms with E-state index in [1.165, 1.54) is 0 Å². The Hall–Kier alpha value is -3.02. The standard InChI is InChI=1S/C17H16N4O2/c1-11-15(12(2)23-21-11)8-16(22)20-14-9-18-17(19-10-14)13-6-4-3-5-7-13/h3-7,9-10H,8H2,1-2H3,(H,20,22). The number of nitrogens with one attached hydrogen (secondary N) is 1. The molecule has 0 unspecified atom stereocenters. The van der Waals surface area contributed by atoms with Gasteiger partial charge in [-0.25, -0.2) is 9.97 Å². The van der Waals surface area contributed by atoms with Crippen molar-refractivity contribution in [1.29, 1.82) is 0 Å². The summed E-state index contributed by atoms with van der Waals surface area (Å²) in [6, 6.07) is 9.67. The molecule has 0 fully saturated rings. The molecule has 6 heteroatoms. The number of benzene rings is 1. The Morgan fingerprint density at radius 2 is 1.83 bits per heavy atom. The maximum absolute atomic E-state index is 12.1. The molecule has 0 saturated heterocycles. The second kappa shape index (κ2) is 6.39. The molecule has 0 atom stereocenters.